The molecule has 90 heavy (non-hydrogen) atoms. The summed E-state index contributed by atoms with van der Waals surface area (Å²) in [5, 5.41) is 13.1. The number of anilines is 6. The molecule has 442 valence electrons. The minimum absolute atomic E-state index is 0.623. The van der Waals surface area contributed by atoms with Crippen LogP contribution in [0.4, 0.5) is 34.1 Å². The zero-order valence-corrected chi connectivity index (χ0v) is 55.0. The number of fused-ring (bicyclic) bond motifs is 12. The maximum atomic E-state index is 2.63. The molecule has 2 fully saturated rings. The smallest absolute Gasteiger partial charge is 0.0776 e. The average molecular weight is 1200 g/mol. The van der Waals surface area contributed by atoms with Crippen molar-refractivity contribution < 1.29 is 0 Å². The molecule has 0 N–H and O–H groups in total. The van der Waals surface area contributed by atoms with Crippen LogP contribution in [0, 0.1) is 0 Å². The van der Waals surface area contributed by atoms with Crippen molar-refractivity contribution in [3.8, 4) is 22.3 Å². The van der Waals surface area contributed by atoms with Crippen LogP contribution in [0.3, 0.4) is 0 Å². The SMILES string of the molecule is C[Si](C)(C)c1ccc(-c2ccccc2)c(N(c2ccc(C3CCCCC3)cc2)c2ccc3c4cc5c(cc4n4c6ccccc6c2c34)c2ccc(N(c3ccc(C4CCCCC4)cc3)c3cc([Si](C)(C)C)ccc3-c3ccccc3)c3c4ccccc4n5c23)c1. The van der Waals surface area contributed by atoms with Gasteiger partial charge in [0.15, 0.2) is 0 Å². The Balaban J connectivity index is 0.914. The Hall–Kier alpha value is -8.95. The van der Waals surface area contributed by atoms with E-state index in [4.69, 9.17) is 0 Å². The summed E-state index contributed by atoms with van der Waals surface area (Å²) in [5.41, 5.74) is 22.6. The fourth-order valence-corrected chi connectivity index (χ4v) is 18.7. The van der Waals surface area contributed by atoms with Gasteiger partial charge in [-0.15, -0.1) is 0 Å². The summed E-state index contributed by atoms with van der Waals surface area (Å²) < 4.78 is 5.24. The molecule has 0 amide bonds. The molecule has 0 radical (unpaired) electrons. The van der Waals surface area contributed by atoms with Gasteiger partial charge >= 0.3 is 0 Å². The van der Waals surface area contributed by atoms with Crippen molar-refractivity contribution in [3.63, 3.8) is 0 Å². The first-order valence-electron chi connectivity index (χ1n) is 33.5. The molecule has 2 aliphatic rings. The van der Waals surface area contributed by atoms with Gasteiger partial charge in [0, 0.05) is 65.6 Å². The Morgan fingerprint density at radius 3 is 1.08 bits per heavy atom. The molecule has 4 heterocycles. The molecule has 0 saturated heterocycles. The molecule has 15 aromatic rings. The highest BCUT2D eigenvalue weighted by Gasteiger charge is 2.32. The van der Waals surface area contributed by atoms with Crippen molar-refractivity contribution in [1.29, 1.82) is 0 Å². The van der Waals surface area contributed by atoms with E-state index in [1.165, 1.54) is 218 Å². The lowest BCUT2D eigenvalue weighted by Crippen LogP contribution is -2.37. The molecule has 17 rings (SSSR count). The lowest BCUT2D eigenvalue weighted by molar-refractivity contribution is 0.443. The fraction of sp³-hybridized carbons (Fsp3) is 0.214. The fourth-order valence-electron chi connectivity index (χ4n) is 16.4. The van der Waals surface area contributed by atoms with Gasteiger partial charge in [-0.3, -0.25) is 0 Å². The second-order valence-electron chi connectivity index (χ2n) is 28.5. The third kappa shape index (κ3) is 8.87. The maximum Gasteiger partial charge on any atom is 0.0776 e. The molecular formula is C84H78N4Si2. The first-order valence-corrected chi connectivity index (χ1v) is 40.5. The Morgan fingerprint density at radius 1 is 0.311 bits per heavy atom. The van der Waals surface area contributed by atoms with Crippen molar-refractivity contribution in [2.75, 3.05) is 9.80 Å². The number of benzene rings is 11. The first kappa shape index (κ1) is 55.1. The van der Waals surface area contributed by atoms with E-state index in [9.17, 15) is 0 Å². The van der Waals surface area contributed by atoms with Gasteiger partial charge in [0.1, 0.15) is 0 Å². The average Bonchev–Trinajstić information content (AvgIpc) is 1.52. The van der Waals surface area contributed by atoms with Crippen LogP contribution in [0.15, 0.2) is 231 Å². The molecule has 0 unspecified atom stereocenters. The molecule has 0 bridgehead atoms. The van der Waals surface area contributed by atoms with Gasteiger partial charge in [0.05, 0.1) is 72.0 Å². The Bertz CT molecular complexity index is 4880. The van der Waals surface area contributed by atoms with E-state index in [1.54, 1.807) is 0 Å². The second-order valence-corrected chi connectivity index (χ2v) is 38.7. The van der Waals surface area contributed by atoms with Crippen LogP contribution in [0.25, 0.3) is 98.4 Å². The van der Waals surface area contributed by atoms with Gasteiger partial charge in [0.25, 0.3) is 0 Å². The van der Waals surface area contributed by atoms with Gasteiger partial charge in [-0.25, -0.2) is 0 Å². The van der Waals surface area contributed by atoms with Gasteiger partial charge in [0.2, 0.25) is 0 Å². The normalized spacial score (nSPS) is 14.9. The number of hydrogen-bond acceptors (Lipinski definition) is 2. The summed E-state index contributed by atoms with van der Waals surface area (Å²) in [6.07, 6.45) is 13.1. The van der Waals surface area contributed by atoms with Gasteiger partial charge in [-0.2, -0.15) is 0 Å². The summed E-state index contributed by atoms with van der Waals surface area (Å²) in [6.45, 7) is 14.9. The maximum absolute atomic E-state index is 2.63. The first-order chi connectivity index (χ1) is 43.9. The Labute approximate surface area is 531 Å². The highest BCUT2D eigenvalue weighted by molar-refractivity contribution is 6.89. The van der Waals surface area contributed by atoms with Crippen molar-refractivity contribution in [2.45, 2.75) is 115 Å². The summed E-state index contributed by atoms with van der Waals surface area (Å²) in [5.74, 6) is 1.25. The monoisotopic (exact) mass is 1200 g/mol. The number of aromatic nitrogens is 2. The topological polar surface area (TPSA) is 15.3 Å². The highest BCUT2D eigenvalue weighted by atomic mass is 28.3. The molecular weight excluding hydrogens is 1120 g/mol. The third-order valence-electron chi connectivity index (χ3n) is 21.1. The number of nitrogens with zero attached hydrogens (tertiary/aromatic N) is 4. The molecule has 4 nitrogen and oxygen atoms in total. The van der Waals surface area contributed by atoms with Crippen LogP contribution in [0.2, 0.25) is 39.3 Å². The minimum Gasteiger partial charge on any atom is -0.309 e. The van der Waals surface area contributed by atoms with E-state index >= 15 is 0 Å². The largest absolute Gasteiger partial charge is 0.309 e. The summed E-state index contributed by atoms with van der Waals surface area (Å²) >= 11 is 0. The minimum atomic E-state index is -1.77. The lowest BCUT2D eigenvalue weighted by Gasteiger charge is -2.31. The second kappa shape index (κ2) is 21.4. The molecule has 2 saturated carbocycles. The van der Waals surface area contributed by atoms with E-state index in [0.717, 1.165) is 0 Å². The van der Waals surface area contributed by atoms with E-state index in [1.807, 2.05) is 0 Å². The van der Waals surface area contributed by atoms with Gasteiger partial charge in [-0.05, 0) is 133 Å². The van der Waals surface area contributed by atoms with Gasteiger partial charge < -0.3 is 18.6 Å². The van der Waals surface area contributed by atoms with E-state index in [-0.39, 0.29) is 0 Å². The molecule has 2 aliphatic carbocycles. The van der Waals surface area contributed by atoms with Crippen molar-refractivity contribution >= 4 is 137 Å². The Morgan fingerprint density at radius 2 is 0.689 bits per heavy atom. The summed E-state index contributed by atoms with van der Waals surface area (Å²) in [7, 11) is -3.54. The molecule has 0 aliphatic heterocycles. The molecule has 6 heteroatoms. The quantitative estimate of drug-likeness (QED) is 0.113. The van der Waals surface area contributed by atoms with E-state index in [2.05, 4.69) is 288 Å². The number of para-hydroxylation sites is 2. The summed E-state index contributed by atoms with van der Waals surface area (Å²) in [4.78, 5) is 5.26. The number of rotatable bonds is 12. The van der Waals surface area contributed by atoms with Crippen LogP contribution in [-0.2, 0) is 0 Å². The van der Waals surface area contributed by atoms with Gasteiger partial charge in [-0.1, -0.05) is 246 Å². The Kier molecular flexibility index (Phi) is 13.1. The number of hydrogen-bond donors (Lipinski definition) is 0. The van der Waals surface area contributed by atoms with Crippen LogP contribution in [-0.4, -0.2) is 24.9 Å². The molecule has 4 aromatic heterocycles. The standard InChI is InChI=1S/C84H78N4Si2/c1-89(2,3)63-43-45-65(59-27-15-9-16-28-59)77(51-63)85(61-39-35-57(36-40-61)55-23-11-7-12-24-55)75-49-47-67-71-53-80-72(54-79(71)87-73-33-21-19-31-69(73)81(75)83(67)87)68-48-50-76(82-70-32-20-22-34-74(70)88(80)84(68)82)86(62-41-37-58(38-42-62)56-25-13-8-14-26-56)78-52-64(90(4,5)6)44-46-66(78)60-29-17-10-18-30-60/h9-10,15-22,27-56H,7-8,11-14,23-26H2,1-6H3. The zero-order chi connectivity index (χ0) is 60.6. The highest BCUT2D eigenvalue weighted by Crippen LogP contribution is 2.53. The molecule has 11 aromatic carbocycles. The summed E-state index contributed by atoms with van der Waals surface area (Å²) in [6, 6.07) is 89.8. The van der Waals surface area contributed by atoms with E-state index < -0.39 is 16.1 Å². The molecule has 0 atom stereocenters. The van der Waals surface area contributed by atoms with Crippen LogP contribution >= 0.6 is 0 Å². The van der Waals surface area contributed by atoms with Crippen LogP contribution in [0.1, 0.15) is 87.2 Å². The van der Waals surface area contributed by atoms with E-state index in [0.29, 0.717) is 11.8 Å². The zero-order valence-electron chi connectivity index (χ0n) is 53.0. The third-order valence-corrected chi connectivity index (χ3v) is 25.2. The molecule has 0 spiro atoms. The van der Waals surface area contributed by atoms with Crippen LogP contribution < -0.4 is 20.2 Å². The lowest BCUT2D eigenvalue weighted by atomic mass is 9.84. The van der Waals surface area contributed by atoms with Crippen molar-refractivity contribution in [1.82, 2.24) is 8.80 Å². The predicted octanol–water partition coefficient (Wildman–Crippen LogP) is 23.4. The van der Waals surface area contributed by atoms with Crippen LogP contribution in [0.5, 0.6) is 0 Å². The predicted molar refractivity (Wildman–Crippen MR) is 394 cm³/mol. The van der Waals surface area contributed by atoms with Crippen molar-refractivity contribution in [2.24, 2.45) is 0 Å². The van der Waals surface area contributed by atoms with Crippen molar-refractivity contribution in [3.05, 3.63) is 242 Å².